The summed E-state index contributed by atoms with van der Waals surface area (Å²) in [6.45, 7) is 1.08. The molecule has 0 saturated carbocycles. The number of nitrogens with zero attached hydrogens (tertiary/aromatic N) is 3. The first kappa shape index (κ1) is 19.6. The van der Waals surface area contributed by atoms with Gasteiger partial charge in [0.05, 0.1) is 29.9 Å². The van der Waals surface area contributed by atoms with Crippen LogP contribution < -0.4 is 15.1 Å². The van der Waals surface area contributed by atoms with Crippen molar-refractivity contribution in [3.63, 3.8) is 0 Å². The van der Waals surface area contributed by atoms with Crippen LogP contribution in [0.15, 0.2) is 48.5 Å². The summed E-state index contributed by atoms with van der Waals surface area (Å²) in [5.41, 5.74) is 0.298. The normalized spacial score (nSPS) is 25.2. The fraction of sp³-hybridized carbons (Fsp3) is 0.286. The second-order valence-corrected chi connectivity index (χ2v) is 8.12. The number of thiocarbonyl (C=S) groups is 1. The van der Waals surface area contributed by atoms with Gasteiger partial charge >= 0.3 is 0 Å². The van der Waals surface area contributed by atoms with Crippen LogP contribution in [0.1, 0.15) is 5.56 Å². The predicted molar refractivity (Wildman–Crippen MR) is 116 cm³/mol. The van der Waals surface area contributed by atoms with E-state index < -0.39 is 28.2 Å². The van der Waals surface area contributed by atoms with Gasteiger partial charge in [-0.1, -0.05) is 18.2 Å². The number of nitrogens with one attached hydrogen (secondary N) is 1. The highest BCUT2D eigenvalue weighted by atomic mass is 32.1. The number of ether oxygens (including phenoxy) is 1. The van der Waals surface area contributed by atoms with Gasteiger partial charge in [0, 0.05) is 30.8 Å². The summed E-state index contributed by atoms with van der Waals surface area (Å²) in [4.78, 5) is 41.5. The third-order valence-corrected chi connectivity index (χ3v) is 6.46. The van der Waals surface area contributed by atoms with Crippen LogP contribution >= 0.6 is 12.2 Å². The van der Waals surface area contributed by atoms with Gasteiger partial charge in [-0.3, -0.25) is 24.6 Å². The molecule has 3 heterocycles. The number of hydrogen-bond acceptors (Lipinski definition) is 7. The topological polar surface area (TPSA) is 105 Å². The van der Waals surface area contributed by atoms with Gasteiger partial charge in [-0.2, -0.15) is 0 Å². The van der Waals surface area contributed by atoms with E-state index in [9.17, 15) is 19.7 Å². The van der Waals surface area contributed by atoms with Gasteiger partial charge in [-0.05, 0) is 36.0 Å². The molecule has 2 amide bonds. The zero-order valence-electron chi connectivity index (χ0n) is 16.3. The Hall–Kier alpha value is -3.37. The Labute approximate surface area is 182 Å². The first-order valence-electron chi connectivity index (χ1n) is 9.80. The van der Waals surface area contributed by atoms with Crippen LogP contribution in [-0.2, 0) is 20.7 Å². The molecule has 3 aliphatic rings. The van der Waals surface area contributed by atoms with Gasteiger partial charge in [0.25, 0.3) is 11.6 Å². The molecule has 2 fully saturated rings. The van der Waals surface area contributed by atoms with Crippen LogP contribution in [0, 0.1) is 15.5 Å². The number of amides is 2. The molecule has 10 heteroatoms. The van der Waals surface area contributed by atoms with Gasteiger partial charge in [0.2, 0.25) is 5.91 Å². The number of non-ortho nitro benzene ring substituents is 1. The van der Waals surface area contributed by atoms with Crippen LogP contribution in [0.25, 0.3) is 0 Å². The van der Waals surface area contributed by atoms with E-state index >= 15 is 0 Å². The molecule has 158 valence electrons. The molecule has 0 radical (unpaired) electrons. The Morgan fingerprint density at radius 1 is 1.19 bits per heavy atom. The average Bonchev–Trinajstić information content (AvgIpc) is 2.78. The Morgan fingerprint density at radius 3 is 2.71 bits per heavy atom. The number of anilines is 2. The zero-order valence-corrected chi connectivity index (χ0v) is 17.1. The molecular weight excluding hydrogens is 420 g/mol. The lowest BCUT2D eigenvalue weighted by molar-refractivity contribution is -0.384. The number of benzene rings is 2. The van der Waals surface area contributed by atoms with E-state index in [0.29, 0.717) is 24.4 Å². The summed E-state index contributed by atoms with van der Waals surface area (Å²) in [6, 6.07) is 12.9. The van der Waals surface area contributed by atoms with Crippen molar-refractivity contribution in [1.29, 1.82) is 0 Å². The maximum Gasteiger partial charge on any atom is 0.269 e. The number of morpholine rings is 1. The Morgan fingerprint density at radius 2 is 1.97 bits per heavy atom. The lowest BCUT2D eigenvalue weighted by Crippen LogP contribution is -2.74. The summed E-state index contributed by atoms with van der Waals surface area (Å²) in [5.74, 6) is -0.961. The van der Waals surface area contributed by atoms with Crippen molar-refractivity contribution in [2.45, 2.75) is 12.5 Å². The number of rotatable bonds is 2. The zero-order chi connectivity index (χ0) is 21.8. The summed E-state index contributed by atoms with van der Waals surface area (Å²) < 4.78 is 5.67. The highest BCUT2D eigenvalue weighted by Crippen LogP contribution is 2.46. The molecule has 0 bridgehead atoms. The highest BCUT2D eigenvalue weighted by Gasteiger charge is 2.62. The smallest absolute Gasteiger partial charge is 0.269 e. The molecule has 31 heavy (non-hydrogen) atoms. The number of fused-ring (bicyclic) bond motifs is 4. The van der Waals surface area contributed by atoms with Crippen molar-refractivity contribution in [2.24, 2.45) is 5.41 Å². The lowest BCUT2D eigenvalue weighted by Gasteiger charge is -2.53. The number of carbonyl (C=O) groups excluding carboxylic acids is 2. The van der Waals surface area contributed by atoms with Gasteiger partial charge in [-0.25, -0.2) is 0 Å². The summed E-state index contributed by atoms with van der Waals surface area (Å²) in [6.07, 6.45) is 0.0190. The molecule has 2 aromatic carbocycles. The van der Waals surface area contributed by atoms with E-state index in [-0.39, 0.29) is 23.8 Å². The highest BCUT2D eigenvalue weighted by molar-refractivity contribution is 7.80. The SMILES string of the molecule is O=C1NC(=S)N(c2ccccc2)C(=O)[C@@]12Cc1cc([N+](=O)[O-])ccc1N1CCOC[C@H]12. The van der Waals surface area contributed by atoms with E-state index in [1.807, 2.05) is 11.0 Å². The summed E-state index contributed by atoms with van der Waals surface area (Å²) in [7, 11) is 0. The van der Waals surface area contributed by atoms with Crippen LogP contribution in [0.4, 0.5) is 17.1 Å². The second-order valence-electron chi connectivity index (χ2n) is 7.74. The molecule has 3 aliphatic heterocycles. The van der Waals surface area contributed by atoms with E-state index in [1.165, 1.54) is 17.0 Å². The Kier molecular flexibility index (Phi) is 4.49. The minimum absolute atomic E-state index is 0.0138. The minimum atomic E-state index is -1.53. The molecule has 5 rings (SSSR count). The van der Waals surface area contributed by atoms with Gasteiger partial charge in [0.1, 0.15) is 0 Å². The molecule has 9 nitrogen and oxygen atoms in total. The Bertz CT molecular complexity index is 1120. The van der Waals surface area contributed by atoms with Gasteiger partial charge in [-0.15, -0.1) is 0 Å². The lowest BCUT2D eigenvalue weighted by atomic mass is 9.68. The van der Waals surface area contributed by atoms with Gasteiger partial charge in [0.15, 0.2) is 10.5 Å². The fourth-order valence-electron chi connectivity index (χ4n) is 4.74. The minimum Gasteiger partial charge on any atom is -0.377 e. The summed E-state index contributed by atoms with van der Waals surface area (Å²) >= 11 is 5.33. The molecule has 2 saturated heterocycles. The fourth-order valence-corrected chi connectivity index (χ4v) is 5.02. The van der Waals surface area contributed by atoms with Crippen molar-refractivity contribution in [3.8, 4) is 0 Å². The quantitative estimate of drug-likeness (QED) is 0.330. The van der Waals surface area contributed by atoms with E-state index in [0.717, 1.165) is 5.69 Å². The van der Waals surface area contributed by atoms with Crippen LogP contribution in [0.3, 0.4) is 0 Å². The van der Waals surface area contributed by atoms with Crippen molar-refractivity contribution in [3.05, 3.63) is 64.2 Å². The second kappa shape index (κ2) is 7.10. The van der Waals surface area contributed by atoms with Crippen molar-refractivity contribution >= 4 is 46.2 Å². The van der Waals surface area contributed by atoms with E-state index in [1.54, 1.807) is 30.3 Å². The summed E-state index contributed by atoms with van der Waals surface area (Å²) in [5, 5.41) is 14.1. The maximum atomic E-state index is 14.0. The van der Waals surface area contributed by atoms with Crippen LogP contribution in [0.2, 0.25) is 0 Å². The predicted octanol–water partition coefficient (Wildman–Crippen LogP) is 1.79. The first-order valence-corrected chi connectivity index (χ1v) is 10.2. The van der Waals surface area contributed by atoms with Crippen LogP contribution in [0.5, 0.6) is 0 Å². The van der Waals surface area contributed by atoms with E-state index in [4.69, 9.17) is 17.0 Å². The standard InChI is InChI=1S/C21H18N4O5S/c26-18-21(19(27)24(20(31)22-18)14-4-2-1-3-5-14)11-13-10-15(25(28)29)6-7-16(13)23-8-9-30-12-17(21)23/h1-7,10,17H,8-9,11-12H2,(H,22,26,31)/t17-,21+/m0/s1. The maximum absolute atomic E-state index is 14.0. The number of para-hydroxylation sites is 1. The largest absolute Gasteiger partial charge is 0.377 e. The molecule has 0 aliphatic carbocycles. The molecule has 2 atom stereocenters. The number of nitro benzene ring substituents is 1. The van der Waals surface area contributed by atoms with Crippen molar-refractivity contribution in [1.82, 2.24) is 5.32 Å². The van der Waals surface area contributed by atoms with Crippen LogP contribution in [-0.4, -0.2) is 47.7 Å². The number of nitro groups is 1. The number of carbonyl (C=O) groups is 2. The third-order valence-electron chi connectivity index (χ3n) is 6.18. The molecule has 1 N–H and O–H groups in total. The molecule has 2 aromatic rings. The molecule has 0 aromatic heterocycles. The Balaban J connectivity index is 1.68. The first-order chi connectivity index (χ1) is 14.9. The van der Waals surface area contributed by atoms with Crippen molar-refractivity contribution in [2.75, 3.05) is 29.6 Å². The third kappa shape index (κ3) is 2.82. The average molecular weight is 438 g/mol. The molecule has 0 unspecified atom stereocenters. The molecule has 1 spiro atoms. The number of hydrogen-bond donors (Lipinski definition) is 1. The monoisotopic (exact) mass is 438 g/mol. The van der Waals surface area contributed by atoms with Crippen molar-refractivity contribution < 1.29 is 19.2 Å². The van der Waals surface area contributed by atoms with Gasteiger partial charge < -0.3 is 15.0 Å². The molecular formula is C21H18N4O5S. The van der Waals surface area contributed by atoms with E-state index in [2.05, 4.69) is 5.32 Å².